The van der Waals surface area contributed by atoms with Crippen molar-refractivity contribution in [3.63, 3.8) is 0 Å². The summed E-state index contributed by atoms with van der Waals surface area (Å²) in [4.78, 5) is 22.9. The van der Waals surface area contributed by atoms with Crippen LogP contribution in [0.2, 0.25) is 0 Å². The molecule has 100 valence electrons. The molecule has 1 atom stereocenters. The molecule has 6 nitrogen and oxygen atoms in total. The molecular weight excluding hydrogens is 246 g/mol. The summed E-state index contributed by atoms with van der Waals surface area (Å²) >= 11 is 0. The largest absolute Gasteiger partial charge is 0.389 e. The van der Waals surface area contributed by atoms with Gasteiger partial charge in [0.15, 0.2) is 0 Å². The number of carbonyl (C=O) groups excluding carboxylic acids is 2. The summed E-state index contributed by atoms with van der Waals surface area (Å²) in [7, 11) is 0. The lowest BCUT2D eigenvalue weighted by Crippen LogP contribution is -2.33. The van der Waals surface area contributed by atoms with Gasteiger partial charge in [0.2, 0.25) is 5.91 Å². The molecule has 0 fully saturated rings. The third kappa shape index (κ3) is 3.17. The van der Waals surface area contributed by atoms with E-state index in [1.54, 1.807) is 31.2 Å². The summed E-state index contributed by atoms with van der Waals surface area (Å²) in [6.45, 7) is 1.63. The van der Waals surface area contributed by atoms with Crippen molar-refractivity contribution in [1.82, 2.24) is 5.43 Å². The Balaban J connectivity index is 2.13. The fraction of sp³-hybridized carbons (Fsp3) is 0.308. The predicted molar refractivity (Wildman–Crippen MR) is 70.5 cm³/mol. The van der Waals surface area contributed by atoms with Gasteiger partial charge in [0.25, 0.3) is 5.91 Å². The van der Waals surface area contributed by atoms with Crippen molar-refractivity contribution in [3.05, 3.63) is 29.8 Å². The standard InChI is InChI=1S/C13H15N3O3/c1-8(17)9-4-2-3-5-10(9)14-13(19)11-6-7-12(18)16-15-11/h2-5,8,17H,6-7H2,1H3,(H,14,19)(H,16,18). The molecule has 2 amide bonds. The van der Waals surface area contributed by atoms with Crippen LogP contribution in [0.3, 0.4) is 0 Å². The minimum atomic E-state index is -0.676. The maximum absolute atomic E-state index is 12.0. The van der Waals surface area contributed by atoms with E-state index in [-0.39, 0.29) is 23.9 Å². The minimum Gasteiger partial charge on any atom is -0.389 e. The zero-order valence-electron chi connectivity index (χ0n) is 10.5. The smallest absolute Gasteiger partial charge is 0.271 e. The highest BCUT2D eigenvalue weighted by molar-refractivity contribution is 6.43. The Morgan fingerprint density at radius 2 is 2.16 bits per heavy atom. The summed E-state index contributed by atoms with van der Waals surface area (Å²) in [6.07, 6.45) is -0.108. The first-order valence-electron chi connectivity index (χ1n) is 6.01. The predicted octanol–water partition coefficient (Wildman–Crippen LogP) is 0.944. The first-order chi connectivity index (χ1) is 9.08. The molecule has 1 heterocycles. The Morgan fingerprint density at radius 1 is 1.42 bits per heavy atom. The first kappa shape index (κ1) is 13.2. The number of hydrogen-bond donors (Lipinski definition) is 3. The molecule has 19 heavy (non-hydrogen) atoms. The number of nitrogens with zero attached hydrogens (tertiary/aromatic N) is 1. The molecule has 0 saturated carbocycles. The van der Waals surface area contributed by atoms with Crippen LogP contribution in [0.4, 0.5) is 5.69 Å². The second-order valence-corrected chi connectivity index (χ2v) is 4.31. The van der Waals surface area contributed by atoms with Crippen LogP contribution in [0.15, 0.2) is 29.4 Å². The number of rotatable bonds is 3. The van der Waals surface area contributed by atoms with Crippen molar-refractivity contribution in [2.45, 2.75) is 25.9 Å². The highest BCUT2D eigenvalue weighted by Gasteiger charge is 2.19. The molecule has 1 aromatic carbocycles. The van der Waals surface area contributed by atoms with Crippen molar-refractivity contribution in [2.24, 2.45) is 5.10 Å². The van der Waals surface area contributed by atoms with E-state index in [1.807, 2.05) is 0 Å². The van der Waals surface area contributed by atoms with Gasteiger partial charge in [-0.25, -0.2) is 5.43 Å². The van der Waals surface area contributed by atoms with Crippen molar-refractivity contribution in [2.75, 3.05) is 5.32 Å². The summed E-state index contributed by atoms with van der Waals surface area (Å²) < 4.78 is 0. The summed E-state index contributed by atoms with van der Waals surface area (Å²) in [6, 6.07) is 7.01. The number of hydrazone groups is 1. The third-order valence-corrected chi connectivity index (χ3v) is 2.83. The van der Waals surface area contributed by atoms with Crippen LogP contribution in [-0.2, 0) is 9.59 Å². The lowest BCUT2D eigenvalue weighted by Gasteiger charge is -2.15. The van der Waals surface area contributed by atoms with Crippen LogP contribution in [0, 0.1) is 0 Å². The van der Waals surface area contributed by atoms with Crippen LogP contribution in [0.5, 0.6) is 0 Å². The molecular formula is C13H15N3O3. The van der Waals surface area contributed by atoms with Crippen LogP contribution in [0.1, 0.15) is 31.4 Å². The average molecular weight is 261 g/mol. The second kappa shape index (κ2) is 5.62. The maximum Gasteiger partial charge on any atom is 0.271 e. The van der Waals surface area contributed by atoms with E-state index >= 15 is 0 Å². The molecule has 1 aliphatic heterocycles. The van der Waals surface area contributed by atoms with Crippen molar-refractivity contribution >= 4 is 23.2 Å². The Bertz CT molecular complexity index is 538. The molecule has 2 rings (SSSR count). The van der Waals surface area contributed by atoms with E-state index in [4.69, 9.17) is 0 Å². The number of carbonyl (C=O) groups is 2. The molecule has 0 radical (unpaired) electrons. The normalized spacial score (nSPS) is 16.3. The SMILES string of the molecule is CC(O)c1ccccc1NC(=O)C1=NNC(=O)CC1. The molecule has 0 saturated heterocycles. The summed E-state index contributed by atoms with van der Waals surface area (Å²) in [5, 5.41) is 16.0. The maximum atomic E-state index is 12.0. The van der Waals surface area contributed by atoms with Gasteiger partial charge in [-0.15, -0.1) is 0 Å². The van der Waals surface area contributed by atoms with Gasteiger partial charge < -0.3 is 10.4 Å². The lowest BCUT2D eigenvalue weighted by atomic mass is 10.1. The van der Waals surface area contributed by atoms with E-state index in [0.717, 1.165) is 0 Å². The molecule has 6 heteroatoms. The van der Waals surface area contributed by atoms with E-state index in [1.165, 1.54) is 0 Å². The number of hydrogen-bond acceptors (Lipinski definition) is 4. The number of nitrogens with one attached hydrogen (secondary N) is 2. The van der Waals surface area contributed by atoms with E-state index in [9.17, 15) is 14.7 Å². The third-order valence-electron chi connectivity index (χ3n) is 2.83. The first-order valence-corrected chi connectivity index (χ1v) is 6.01. The van der Waals surface area contributed by atoms with E-state index in [0.29, 0.717) is 17.7 Å². The quantitative estimate of drug-likeness (QED) is 0.756. The minimum absolute atomic E-state index is 0.194. The van der Waals surface area contributed by atoms with Gasteiger partial charge in [0, 0.05) is 24.1 Å². The number of aliphatic hydroxyl groups is 1. The molecule has 0 bridgehead atoms. The van der Waals surface area contributed by atoms with Crippen LogP contribution in [0.25, 0.3) is 0 Å². The zero-order chi connectivity index (χ0) is 13.8. The summed E-state index contributed by atoms with van der Waals surface area (Å²) in [5.74, 6) is -0.561. The van der Waals surface area contributed by atoms with Crippen molar-refractivity contribution in [1.29, 1.82) is 0 Å². The van der Waals surface area contributed by atoms with Gasteiger partial charge in [-0.1, -0.05) is 18.2 Å². The molecule has 1 aliphatic rings. The van der Waals surface area contributed by atoms with Gasteiger partial charge in [0.1, 0.15) is 5.71 Å². The number of benzene rings is 1. The Labute approximate surface area is 110 Å². The van der Waals surface area contributed by atoms with Gasteiger partial charge in [-0.05, 0) is 13.0 Å². The molecule has 0 aliphatic carbocycles. The van der Waals surface area contributed by atoms with Gasteiger partial charge >= 0.3 is 0 Å². The van der Waals surface area contributed by atoms with Crippen molar-refractivity contribution in [3.8, 4) is 0 Å². The van der Waals surface area contributed by atoms with Gasteiger partial charge in [0.05, 0.1) is 6.10 Å². The molecule has 0 spiro atoms. The fourth-order valence-electron chi connectivity index (χ4n) is 1.81. The number of para-hydroxylation sites is 1. The fourth-order valence-corrected chi connectivity index (χ4v) is 1.81. The molecule has 3 N–H and O–H groups in total. The van der Waals surface area contributed by atoms with E-state index < -0.39 is 6.10 Å². The zero-order valence-corrected chi connectivity index (χ0v) is 10.5. The Morgan fingerprint density at radius 3 is 2.79 bits per heavy atom. The highest BCUT2D eigenvalue weighted by Crippen LogP contribution is 2.22. The van der Waals surface area contributed by atoms with Crippen LogP contribution >= 0.6 is 0 Å². The monoisotopic (exact) mass is 261 g/mol. The lowest BCUT2D eigenvalue weighted by molar-refractivity contribution is -0.121. The van der Waals surface area contributed by atoms with Crippen molar-refractivity contribution < 1.29 is 14.7 Å². The molecule has 1 unspecified atom stereocenters. The molecule has 0 aromatic heterocycles. The average Bonchev–Trinajstić information content (AvgIpc) is 2.39. The van der Waals surface area contributed by atoms with Crippen LogP contribution in [-0.4, -0.2) is 22.6 Å². The van der Waals surface area contributed by atoms with E-state index in [2.05, 4.69) is 15.8 Å². The molecule has 1 aromatic rings. The van der Waals surface area contributed by atoms with Crippen LogP contribution < -0.4 is 10.7 Å². The highest BCUT2D eigenvalue weighted by atomic mass is 16.3. The van der Waals surface area contributed by atoms with Gasteiger partial charge in [-0.3, -0.25) is 9.59 Å². The Kier molecular flexibility index (Phi) is 3.91. The Hall–Kier alpha value is -2.21. The summed E-state index contributed by atoms with van der Waals surface area (Å²) in [5.41, 5.74) is 3.73. The topological polar surface area (TPSA) is 90.8 Å². The second-order valence-electron chi connectivity index (χ2n) is 4.31. The van der Waals surface area contributed by atoms with Gasteiger partial charge in [-0.2, -0.15) is 5.10 Å². The number of amides is 2. The number of anilines is 1. The number of aliphatic hydroxyl groups excluding tert-OH is 1.